The van der Waals surface area contributed by atoms with Crippen molar-refractivity contribution >= 4 is 28.5 Å². The van der Waals surface area contributed by atoms with Crippen LogP contribution in [0.15, 0.2) is 35.3 Å². The highest BCUT2D eigenvalue weighted by molar-refractivity contribution is 8.13. The second-order valence-corrected chi connectivity index (χ2v) is 6.97. The number of carbonyl (C=O) groups excluding carboxylic acids is 1. The maximum Gasteiger partial charge on any atom is 0.275 e. The Labute approximate surface area is 136 Å². The lowest BCUT2D eigenvalue weighted by Gasteiger charge is -2.33. The number of anilines is 1. The summed E-state index contributed by atoms with van der Waals surface area (Å²) in [6.07, 6.45) is 7.89. The van der Waals surface area contributed by atoms with Crippen LogP contribution in [0.5, 0.6) is 0 Å². The van der Waals surface area contributed by atoms with Crippen LogP contribution in [0.2, 0.25) is 0 Å². The first kappa shape index (κ1) is 15.4. The Kier molecular flexibility index (Phi) is 4.43. The molecule has 0 radical (unpaired) electrons. The fourth-order valence-corrected chi connectivity index (χ4v) is 4.01. The highest BCUT2D eigenvalue weighted by Gasteiger charge is 2.50. The number of aliphatic imine (C=N–C) groups is 1. The summed E-state index contributed by atoms with van der Waals surface area (Å²) in [5.41, 5.74) is 3.52. The van der Waals surface area contributed by atoms with Crippen LogP contribution in [-0.4, -0.2) is 27.9 Å². The fourth-order valence-electron chi connectivity index (χ4n) is 3.42. The quantitative estimate of drug-likeness (QED) is 0.919. The predicted molar refractivity (Wildman–Crippen MR) is 92.8 cm³/mol. The molecule has 22 heavy (non-hydrogen) atoms. The van der Waals surface area contributed by atoms with Gasteiger partial charge in [-0.05, 0) is 44.1 Å². The average Bonchev–Trinajstić information content (AvgIpc) is 2.82. The number of thioether (sulfide) groups is 1. The van der Waals surface area contributed by atoms with Gasteiger partial charge in [-0.25, -0.2) is 4.99 Å². The lowest BCUT2D eigenvalue weighted by molar-refractivity contribution is -0.131. The summed E-state index contributed by atoms with van der Waals surface area (Å²) in [5, 5.41) is 2.40. The number of hydrogen-bond donors (Lipinski definition) is 1. The van der Waals surface area contributed by atoms with Gasteiger partial charge < -0.3 is 0 Å². The minimum atomic E-state index is -0.611. The van der Waals surface area contributed by atoms with Crippen LogP contribution in [0.25, 0.3) is 0 Å². The first-order valence-corrected chi connectivity index (χ1v) is 9.18. The summed E-state index contributed by atoms with van der Waals surface area (Å²) in [5.74, 6) is 0.436. The van der Waals surface area contributed by atoms with Crippen molar-refractivity contribution in [1.29, 1.82) is 0 Å². The highest BCUT2D eigenvalue weighted by atomic mass is 32.2. The van der Waals surface area contributed by atoms with Crippen molar-refractivity contribution < 1.29 is 4.79 Å². The van der Waals surface area contributed by atoms with Crippen molar-refractivity contribution in [3.8, 4) is 0 Å². The van der Waals surface area contributed by atoms with E-state index in [1.54, 1.807) is 5.01 Å². The zero-order chi connectivity index (χ0) is 15.6. The van der Waals surface area contributed by atoms with Crippen molar-refractivity contribution in [1.82, 2.24) is 5.01 Å². The molecule has 1 saturated carbocycles. The zero-order valence-electron chi connectivity index (χ0n) is 13.2. The SMILES string of the molecule is CSC1=NC(C)(C2CCCCC2)C(=O)N1Nc1ccccc1. The molecule has 3 rings (SSSR count). The van der Waals surface area contributed by atoms with Crippen LogP contribution in [0, 0.1) is 5.92 Å². The number of nitrogens with one attached hydrogen (secondary N) is 1. The summed E-state index contributed by atoms with van der Waals surface area (Å²) >= 11 is 1.52. The maximum atomic E-state index is 13.0. The normalized spacial score (nSPS) is 26.2. The van der Waals surface area contributed by atoms with E-state index in [9.17, 15) is 4.79 Å². The van der Waals surface area contributed by atoms with Gasteiger partial charge in [0.2, 0.25) is 0 Å². The van der Waals surface area contributed by atoms with E-state index in [0.717, 1.165) is 23.7 Å². The van der Waals surface area contributed by atoms with E-state index in [2.05, 4.69) is 5.43 Å². The standard InChI is InChI=1S/C17H23N3OS/c1-17(13-9-5-3-6-10-13)15(21)20(16(18-17)22-2)19-14-11-7-4-8-12-14/h4,7-8,11-13,19H,3,5-6,9-10H2,1-2H3. The molecule has 1 aliphatic carbocycles. The first-order valence-electron chi connectivity index (χ1n) is 7.95. The summed E-state index contributed by atoms with van der Waals surface area (Å²) in [6, 6.07) is 9.80. The number of carbonyl (C=O) groups is 1. The maximum absolute atomic E-state index is 13.0. The van der Waals surface area contributed by atoms with E-state index in [0.29, 0.717) is 5.92 Å². The van der Waals surface area contributed by atoms with Crippen molar-refractivity contribution in [3.05, 3.63) is 30.3 Å². The number of nitrogens with zero attached hydrogens (tertiary/aromatic N) is 2. The van der Waals surface area contributed by atoms with E-state index >= 15 is 0 Å². The molecule has 1 aliphatic heterocycles. The lowest BCUT2D eigenvalue weighted by Crippen LogP contribution is -2.47. The number of hydrazine groups is 1. The number of para-hydroxylation sites is 1. The molecule has 1 aromatic carbocycles. The summed E-state index contributed by atoms with van der Waals surface area (Å²) in [6.45, 7) is 2.01. The monoisotopic (exact) mass is 317 g/mol. The van der Waals surface area contributed by atoms with Crippen LogP contribution in [0.3, 0.4) is 0 Å². The number of amidine groups is 1. The van der Waals surface area contributed by atoms with Crippen molar-refractivity contribution in [3.63, 3.8) is 0 Å². The lowest BCUT2D eigenvalue weighted by atomic mass is 9.76. The molecule has 4 nitrogen and oxygen atoms in total. The van der Waals surface area contributed by atoms with Crippen molar-refractivity contribution in [2.45, 2.75) is 44.6 Å². The van der Waals surface area contributed by atoms with Gasteiger partial charge in [-0.1, -0.05) is 49.2 Å². The molecule has 1 fully saturated rings. The van der Waals surface area contributed by atoms with Gasteiger partial charge in [-0.2, -0.15) is 5.01 Å². The van der Waals surface area contributed by atoms with Crippen molar-refractivity contribution in [2.24, 2.45) is 10.9 Å². The summed E-state index contributed by atoms with van der Waals surface area (Å²) < 4.78 is 0. The molecule has 5 heteroatoms. The number of amides is 1. The van der Waals surface area contributed by atoms with E-state index in [1.807, 2.05) is 43.5 Å². The van der Waals surface area contributed by atoms with E-state index in [-0.39, 0.29) is 5.91 Å². The Morgan fingerprint density at radius 3 is 2.55 bits per heavy atom. The second-order valence-electron chi connectivity index (χ2n) is 6.20. The minimum Gasteiger partial charge on any atom is -0.289 e. The zero-order valence-corrected chi connectivity index (χ0v) is 14.0. The molecule has 1 N–H and O–H groups in total. The van der Waals surface area contributed by atoms with E-state index in [4.69, 9.17) is 4.99 Å². The number of benzene rings is 1. The van der Waals surface area contributed by atoms with Crippen LogP contribution in [0.1, 0.15) is 39.0 Å². The molecule has 1 aromatic rings. The summed E-state index contributed by atoms with van der Waals surface area (Å²) in [4.78, 5) is 17.8. The van der Waals surface area contributed by atoms with Gasteiger partial charge in [0, 0.05) is 0 Å². The molecule has 2 aliphatic rings. The Morgan fingerprint density at radius 1 is 1.23 bits per heavy atom. The Morgan fingerprint density at radius 2 is 1.91 bits per heavy atom. The first-order chi connectivity index (χ1) is 10.6. The van der Waals surface area contributed by atoms with Crippen LogP contribution < -0.4 is 5.43 Å². The van der Waals surface area contributed by atoms with E-state index < -0.39 is 5.54 Å². The molecule has 0 bridgehead atoms. The van der Waals surface area contributed by atoms with Crippen LogP contribution in [-0.2, 0) is 4.79 Å². The van der Waals surface area contributed by atoms with Crippen molar-refractivity contribution in [2.75, 3.05) is 11.7 Å². The Balaban J connectivity index is 1.83. The van der Waals surface area contributed by atoms with Gasteiger partial charge in [0.15, 0.2) is 5.17 Å². The molecule has 1 atom stereocenters. The second kappa shape index (κ2) is 6.32. The largest absolute Gasteiger partial charge is 0.289 e. The summed E-state index contributed by atoms with van der Waals surface area (Å²) in [7, 11) is 0. The third-order valence-corrected chi connectivity index (χ3v) is 5.39. The topological polar surface area (TPSA) is 44.7 Å². The highest BCUT2D eigenvalue weighted by Crippen LogP contribution is 2.40. The molecule has 0 saturated heterocycles. The van der Waals surface area contributed by atoms with Gasteiger partial charge in [-0.3, -0.25) is 10.2 Å². The molecule has 118 valence electrons. The molecule has 1 heterocycles. The molecule has 0 aromatic heterocycles. The average molecular weight is 317 g/mol. The molecule has 0 spiro atoms. The Bertz CT molecular complexity index is 569. The fraction of sp³-hybridized carbons (Fsp3) is 0.529. The predicted octanol–water partition coefficient (Wildman–Crippen LogP) is 3.91. The van der Waals surface area contributed by atoms with E-state index in [1.165, 1.54) is 31.0 Å². The number of hydrogen-bond acceptors (Lipinski definition) is 4. The van der Waals surface area contributed by atoms with Gasteiger partial charge >= 0.3 is 0 Å². The third kappa shape index (κ3) is 2.74. The molecule has 1 amide bonds. The van der Waals surface area contributed by atoms with Gasteiger partial charge in [0.05, 0.1) is 5.69 Å². The minimum absolute atomic E-state index is 0.0765. The smallest absolute Gasteiger partial charge is 0.275 e. The third-order valence-electron chi connectivity index (χ3n) is 4.75. The van der Waals surface area contributed by atoms with Crippen LogP contribution >= 0.6 is 11.8 Å². The molecule has 1 unspecified atom stereocenters. The Hall–Kier alpha value is -1.49. The number of rotatable bonds is 3. The van der Waals surface area contributed by atoms with Gasteiger partial charge in [-0.15, -0.1) is 0 Å². The molecular weight excluding hydrogens is 294 g/mol. The van der Waals surface area contributed by atoms with Gasteiger partial charge in [0.1, 0.15) is 5.54 Å². The van der Waals surface area contributed by atoms with Gasteiger partial charge in [0.25, 0.3) is 5.91 Å². The van der Waals surface area contributed by atoms with Crippen LogP contribution in [0.4, 0.5) is 5.69 Å². The molecular formula is C17H23N3OS.